The monoisotopic (exact) mass is 304 g/mol. The van der Waals surface area contributed by atoms with Gasteiger partial charge in [0.05, 0.1) is 7.11 Å². The minimum absolute atomic E-state index is 0.0329. The van der Waals surface area contributed by atoms with Crippen LogP contribution in [0.3, 0.4) is 0 Å². The maximum atomic E-state index is 12.4. The number of ether oxygens (including phenoxy) is 1. The highest BCUT2D eigenvalue weighted by Gasteiger charge is 2.41. The number of fused-ring (bicyclic) bond motifs is 1. The van der Waals surface area contributed by atoms with Crippen LogP contribution in [0.2, 0.25) is 0 Å². The van der Waals surface area contributed by atoms with E-state index in [1.807, 2.05) is 0 Å². The number of nitrogens with one attached hydrogen (secondary N) is 1. The molecule has 0 aromatic carbocycles. The molecule has 0 bridgehead atoms. The lowest BCUT2D eigenvalue weighted by Gasteiger charge is -2.41. The first-order valence-corrected chi connectivity index (χ1v) is 8.22. The smallest absolute Gasteiger partial charge is 0.325 e. The predicted octanol–water partition coefficient (Wildman–Crippen LogP) is -0.522. The predicted molar refractivity (Wildman–Crippen MR) is 71.2 cm³/mol. The fourth-order valence-electron chi connectivity index (χ4n) is 2.82. The highest BCUT2D eigenvalue weighted by Crippen LogP contribution is 2.28. The van der Waals surface area contributed by atoms with Crippen molar-refractivity contribution in [2.24, 2.45) is 5.92 Å². The quantitative estimate of drug-likeness (QED) is 0.708. The first kappa shape index (κ1) is 15.2. The zero-order valence-corrected chi connectivity index (χ0v) is 12.5. The molecule has 2 aliphatic rings. The lowest BCUT2D eigenvalue weighted by Crippen LogP contribution is -2.56. The van der Waals surface area contributed by atoms with Gasteiger partial charge in [-0.1, -0.05) is 0 Å². The SMILES string of the molecule is COC(=O)C(C)S(=O)(=O)N1CCC2NC(=O)CCC2C1. The Labute approximate surface area is 118 Å². The maximum Gasteiger partial charge on any atom is 0.325 e. The van der Waals surface area contributed by atoms with Crippen LogP contribution in [0.15, 0.2) is 0 Å². The molecule has 20 heavy (non-hydrogen) atoms. The van der Waals surface area contributed by atoms with Gasteiger partial charge in [-0.15, -0.1) is 0 Å². The molecule has 2 heterocycles. The number of sulfonamides is 1. The van der Waals surface area contributed by atoms with E-state index in [0.717, 1.165) is 0 Å². The Bertz CT molecular complexity index is 504. The second-order valence-electron chi connectivity index (χ2n) is 5.33. The van der Waals surface area contributed by atoms with Gasteiger partial charge in [0, 0.05) is 25.6 Å². The molecule has 3 unspecified atom stereocenters. The summed E-state index contributed by atoms with van der Waals surface area (Å²) < 4.78 is 30.6. The van der Waals surface area contributed by atoms with Gasteiger partial charge in [-0.05, 0) is 25.7 Å². The second kappa shape index (κ2) is 5.69. The van der Waals surface area contributed by atoms with Crippen LogP contribution in [0.1, 0.15) is 26.2 Å². The third-order valence-electron chi connectivity index (χ3n) is 4.13. The van der Waals surface area contributed by atoms with Crippen molar-refractivity contribution in [3.63, 3.8) is 0 Å². The molecule has 0 radical (unpaired) electrons. The maximum absolute atomic E-state index is 12.4. The molecule has 0 spiro atoms. The zero-order chi connectivity index (χ0) is 14.9. The van der Waals surface area contributed by atoms with Crippen molar-refractivity contribution < 1.29 is 22.7 Å². The summed E-state index contributed by atoms with van der Waals surface area (Å²) >= 11 is 0. The van der Waals surface area contributed by atoms with Crippen molar-refractivity contribution in [1.82, 2.24) is 9.62 Å². The number of piperidine rings is 2. The van der Waals surface area contributed by atoms with E-state index in [0.29, 0.717) is 32.4 Å². The molecule has 3 atom stereocenters. The van der Waals surface area contributed by atoms with Gasteiger partial charge >= 0.3 is 5.97 Å². The van der Waals surface area contributed by atoms with Crippen molar-refractivity contribution >= 4 is 21.9 Å². The highest BCUT2D eigenvalue weighted by atomic mass is 32.2. The molecule has 1 amide bonds. The summed E-state index contributed by atoms with van der Waals surface area (Å²) in [5, 5.41) is 1.71. The third-order valence-corrected chi connectivity index (χ3v) is 6.26. The van der Waals surface area contributed by atoms with Gasteiger partial charge in [-0.3, -0.25) is 9.59 Å². The zero-order valence-electron chi connectivity index (χ0n) is 11.7. The van der Waals surface area contributed by atoms with E-state index in [-0.39, 0.29) is 17.9 Å². The van der Waals surface area contributed by atoms with Gasteiger partial charge in [-0.2, -0.15) is 0 Å². The van der Waals surface area contributed by atoms with Crippen LogP contribution in [0.25, 0.3) is 0 Å². The van der Waals surface area contributed by atoms with Gasteiger partial charge in [0.2, 0.25) is 15.9 Å². The van der Waals surface area contributed by atoms with Crippen molar-refractivity contribution in [2.45, 2.75) is 37.5 Å². The molecule has 0 aromatic heterocycles. The first-order chi connectivity index (χ1) is 9.36. The third kappa shape index (κ3) is 2.80. The van der Waals surface area contributed by atoms with Crippen molar-refractivity contribution in [1.29, 1.82) is 0 Å². The van der Waals surface area contributed by atoms with Gasteiger partial charge in [0.25, 0.3) is 0 Å². The van der Waals surface area contributed by atoms with E-state index in [4.69, 9.17) is 0 Å². The van der Waals surface area contributed by atoms with Gasteiger partial charge < -0.3 is 10.1 Å². The van der Waals surface area contributed by atoms with E-state index >= 15 is 0 Å². The Morgan fingerprint density at radius 1 is 1.45 bits per heavy atom. The Morgan fingerprint density at radius 3 is 2.80 bits per heavy atom. The molecule has 114 valence electrons. The molecule has 2 aliphatic heterocycles. The number of methoxy groups -OCH3 is 1. The van der Waals surface area contributed by atoms with Crippen LogP contribution < -0.4 is 5.32 Å². The largest absolute Gasteiger partial charge is 0.468 e. The summed E-state index contributed by atoms with van der Waals surface area (Å²) in [5.74, 6) is -0.587. The number of hydrogen-bond acceptors (Lipinski definition) is 5. The Kier molecular flexibility index (Phi) is 4.33. The number of rotatable bonds is 3. The molecule has 0 aromatic rings. The topological polar surface area (TPSA) is 92.8 Å². The summed E-state index contributed by atoms with van der Waals surface area (Å²) in [6.45, 7) is 2.02. The summed E-state index contributed by atoms with van der Waals surface area (Å²) in [6, 6.07) is 0.0520. The van der Waals surface area contributed by atoms with Crippen molar-refractivity contribution in [2.75, 3.05) is 20.2 Å². The molecule has 2 saturated heterocycles. The molecule has 2 fully saturated rings. The molecule has 0 saturated carbocycles. The van der Waals surface area contributed by atoms with Crippen LogP contribution in [-0.2, 0) is 24.3 Å². The first-order valence-electron chi connectivity index (χ1n) is 6.72. The number of esters is 1. The minimum Gasteiger partial charge on any atom is -0.468 e. The standard InChI is InChI=1S/C12H20N2O5S/c1-8(12(16)19-2)20(17,18)14-6-5-10-9(7-14)3-4-11(15)13-10/h8-10H,3-7H2,1-2H3,(H,13,15). The highest BCUT2D eigenvalue weighted by molar-refractivity contribution is 7.90. The normalized spacial score (nSPS) is 29.2. The molecular weight excluding hydrogens is 284 g/mol. The van der Waals surface area contributed by atoms with Crippen molar-refractivity contribution in [3.05, 3.63) is 0 Å². The van der Waals surface area contributed by atoms with E-state index < -0.39 is 21.2 Å². The molecule has 0 aliphatic carbocycles. The van der Waals surface area contributed by atoms with E-state index in [1.165, 1.54) is 18.3 Å². The second-order valence-corrected chi connectivity index (χ2v) is 7.58. The number of carbonyl (C=O) groups excluding carboxylic acids is 2. The van der Waals surface area contributed by atoms with Gasteiger partial charge in [0.15, 0.2) is 5.25 Å². The lowest BCUT2D eigenvalue weighted by atomic mass is 9.86. The van der Waals surface area contributed by atoms with Crippen molar-refractivity contribution in [3.8, 4) is 0 Å². The van der Waals surface area contributed by atoms with E-state index in [9.17, 15) is 18.0 Å². The van der Waals surface area contributed by atoms with Crippen LogP contribution in [0, 0.1) is 5.92 Å². The average Bonchev–Trinajstić information content (AvgIpc) is 2.44. The molecule has 1 N–H and O–H groups in total. The fourth-order valence-corrected chi connectivity index (χ4v) is 4.36. The number of carbonyl (C=O) groups is 2. The summed E-state index contributed by atoms with van der Waals surface area (Å²) in [5.41, 5.74) is 0. The summed E-state index contributed by atoms with van der Waals surface area (Å²) in [4.78, 5) is 22.8. The lowest BCUT2D eigenvalue weighted by molar-refractivity contribution is -0.139. The molecule has 8 heteroatoms. The Morgan fingerprint density at radius 2 is 2.15 bits per heavy atom. The minimum atomic E-state index is -3.69. The number of hydrogen-bond donors (Lipinski definition) is 1. The Balaban J connectivity index is 2.08. The summed E-state index contributed by atoms with van der Waals surface area (Å²) in [6.07, 6.45) is 1.71. The molecule has 7 nitrogen and oxygen atoms in total. The molecular formula is C12H20N2O5S. The van der Waals surface area contributed by atoms with Crippen LogP contribution in [0.4, 0.5) is 0 Å². The van der Waals surface area contributed by atoms with Gasteiger partial charge in [0.1, 0.15) is 0 Å². The average molecular weight is 304 g/mol. The molecule has 2 rings (SSSR count). The summed E-state index contributed by atoms with van der Waals surface area (Å²) in [7, 11) is -2.51. The fraction of sp³-hybridized carbons (Fsp3) is 0.833. The van der Waals surface area contributed by atoms with Gasteiger partial charge in [-0.25, -0.2) is 12.7 Å². The number of amides is 1. The van der Waals surface area contributed by atoms with Crippen LogP contribution >= 0.6 is 0 Å². The van der Waals surface area contributed by atoms with E-state index in [1.54, 1.807) is 0 Å². The Hall–Kier alpha value is -1.15. The number of nitrogens with zero attached hydrogens (tertiary/aromatic N) is 1. The van der Waals surface area contributed by atoms with Crippen LogP contribution in [-0.4, -0.2) is 56.1 Å². The van der Waals surface area contributed by atoms with Crippen LogP contribution in [0.5, 0.6) is 0 Å². The van der Waals surface area contributed by atoms with E-state index in [2.05, 4.69) is 10.1 Å².